The Labute approximate surface area is 424 Å². The Morgan fingerprint density at radius 1 is 0.486 bits per heavy atom. The van der Waals surface area contributed by atoms with E-state index < -0.39 is 0 Å². The molecule has 2 aliphatic heterocycles. The Balaban J connectivity index is 1.10. The molecule has 9 aromatic carbocycles. The first-order valence-electron chi connectivity index (χ1n) is 25.6. The van der Waals surface area contributed by atoms with Crippen molar-refractivity contribution in [1.29, 1.82) is 0 Å². The van der Waals surface area contributed by atoms with Gasteiger partial charge in [-0.15, -0.1) is 11.3 Å². The predicted octanol–water partition coefficient (Wildman–Crippen LogP) is 16.3. The van der Waals surface area contributed by atoms with E-state index >= 15 is 0 Å². The number of imidazole rings is 1. The topological polar surface area (TPSA) is 26.0 Å². The fourth-order valence-corrected chi connectivity index (χ4v) is 14.1. The van der Waals surface area contributed by atoms with Crippen LogP contribution in [0.3, 0.4) is 0 Å². The van der Waals surface area contributed by atoms with Crippen molar-refractivity contribution in [3.8, 4) is 45.0 Å². The highest BCUT2D eigenvalue weighted by atomic mass is 32.1. The Hall–Kier alpha value is -7.67. The van der Waals surface area contributed by atoms with E-state index in [1.54, 1.807) is 0 Å². The maximum atomic E-state index is 5.63. The normalized spacial score (nSPS) is 14.4. The summed E-state index contributed by atoms with van der Waals surface area (Å²) in [5.74, 6) is 0.932. The first kappa shape index (κ1) is 42.1. The number of rotatable bonds is 3. The lowest BCUT2D eigenvalue weighted by molar-refractivity contribution is 0.590. The maximum Gasteiger partial charge on any atom is 0.333 e. The summed E-state index contributed by atoms with van der Waals surface area (Å²) in [6.07, 6.45) is 0. The van der Waals surface area contributed by atoms with Crippen molar-refractivity contribution in [2.45, 2.75) is 71.6 Å². The third kappa shape index (κ3) is 5.67. The number of hydrogen-bond acceptors (Lipinski definition) is 3. The summed E-state index contributed by atoms with van der Waals surface area (Å²) in [5, 5.41) is 5.21. The summed E-state index contributed by atoms with van der Waals surface area (Å²) < 4.78 is 7.68. The predicted molar refractivity (Wildman–Crippen MR) is 308 cm³/mol. The number of hydrogen-bond donors (Lipinski definition) is 0. The minimum atomic E-state index is -0.159. The molecule has 12 aromatic rings. The van der Waals surface area contributed by atoms with E-state index in [1.807, 2.05) is 11.3 Å². The van der Waals surface area contributed by atoms with Crippen LogP contribution in [0.25, 0.3) is 98.0 Å². The molecule has 0 atom stereocenters. The average molecular weight is 945 g/mol. The minimum absolute atomic E-state index is 0.0121. The van der Waals surface area contributed by atoms with Crippen LogP contribution in [0.1, 0.15) is 77.6 Å². The highest BCUT2D eigenvalue weighted by molar-refractivity contribution is 7.25. The van der Waals surface area contributed by atoms with Gasteiger partial charge in [0, 0.05) is 70.2 Å². The van der Waals surface area contributed by atoms with Crippen LogP contribution in [-0.4, -0.2) is 21.0 Å². The van der Waals surface area contributed by atoms with E-state index in [0.29, 0.717) is 0 Å². The molecule has 3 aromatic heterocycles. The summed E-state index contributed by atoms with van der Waals surface area (Å²) in [5.41, 5.74) is 23.6. The second-order valence-electron chi connectivity index (χ2n) is 23.2. The van der Waals surface area contributed by atoms with Gasteiger partial charge in [0.05, 0.1) is 22.1 Å². The number of aromatic nitrogens is 3. The van der Waals surface area contributed by atoms with Gasteiger partial charge < -0.3 is 9.38 Å². The van der Waals surface area contributed by atoms with Crippen LogP contribution in [0.4, 0.5) is 11.4 Å². The lowest BCUT2D eigenvalue weighted by atomic mass is 9.44. The van der Waals surface area contributed by atoms with Crippen molar-refractivity contribution in [3.05, 3.63) is 198 Å². The first-order valence-corrected chi connectivity index (χ1v) is 26.4. The number of thiophene rings is 1. The number of para-hydroxylation sites is 1. The van der Waals surface area contributed by atoms with Crippen molar-refractivity contribution in [3.63, 3.8) is 0 Å². The monoisotopic (exact) mass is 944 g/mol. The molecule has 0 saturated carbocycles. The average Bonchev–Trinajstić information content (AvgIpc) is 4.10. The molecule has 0 N–H and O–H groups in total. The molecule has 0 radical (unpaired) electrons. The zero-order valence-corrected chi connectivity index (χ0v) is 42.8. The van der Waals surface area contributed by atoms with E-state index in [1.165, 1.54) is 114 Å². The highest BCUT2D eigenvalue weighted by Gasteiger charge is 2.45. The van der Waals surface area contributed by atoms with Crippen molar-refractivity contribution >= 4 is 93.5 Å². The summed E-state index contributed by atoms with van der Waals surface area (Å²) in [6.45, 7) is 18.5. The van der Waals surface area contributed by atoms with Gasteiger partial charge in [0.2, 0.25) is 0 Å². The molecule has 1 aliphatic carbocycles. The second kappa shape index (κ2) is 14.3. The van der Waals surface area contributed by atoms with Crippen molar-refractivity contribution in [2.24, 2.45) is 0 Å². The van der Waals surface area contributed by atoms with Gasteiger partial charge in [-0.2, -0.15) is 0 Å². The largest absolute Gasteiger partial charge is 0.376 e. The van der Waals surface area contributed by atoms with Crippen LogP contribution in [0, 0.1) is 0 Å². The Morgan fingerprint density at radius 3 is 1.94 bits per heavy atom. The lowest BCUT2D eigenvalue weighted by Crippen LogP contribution is -2.60. The quantitative estimate of drug-likeness (QED) is 0.165. The maximum absolute atomic E-state index is 5.63. The van der Waals surface area contributed by atoms with Gasteiger partial charge in [-0.25, -0.2) is 4.98 Å². The van der Waals surface area contributed by atoms with E-state index in [4.69, 9.17) is 4.98 Å². The minimum Gasteiger partial charge on any atom is -0.376 e. The molecule has 0 spiro atoms. The smallest absolute Gasteiger partial charge is 0.333 e. The molecule has 4 nitrogen and oxygen atoms in total. The Morgan fingerprint density at radius 2 is 1.18 bits per heavy atom. The van der Waals surface area contributed by atoms with Crippen LogP contribution in [0.15, 0.2) is 176 Å². The van der Waals surface area contributed by atoms with E-state index in [-0.39, 0.29) is 23.1 Å². The van der Waals surface area contributed by atoms with E-state index in [0.717, 1.165) is 28.1 Å². The second-order valence-corrected chi connectivity index (χ2v) is 24.3. The fraction of sp³-hybridized carbons (Fsp3) is 0.167. The molecule has 3 aliphatic rings. The van der Waals surface area contributed by atoms with Gasteiger partial charge >= 0.3 is 6.85 Å². The number of benzene rings is 9. The zero-order chi connectivity index (χ0) is 48.7. The van der Waals surface area contributed by atoms with Crippen LogP contribution < -0.4 is 15.7 Å². The molecule has 346 valence electrons. The summed E-state index contributed by atoms with van der Waals surface area (Å²) in [6, 6.07) is 67.1. The van der Waals surface area contributed by atoms with Gasteiger partial charge in [-0.1, -0.05) is 165 Å². The van der Waals surface area contributed by atoms with Crippen LogP contribution in [0.2, 0.25) is 0 Å². The SMILES string of the molecule is CC(C)(C)c1ccc(N2B3c4cc5nc(-c6ccccc6)n(-c6ccccc6)c5cc4-n4c5cc6c(cc5c5ccc(c3c54)-c3cc4sc5cc(C(C)(C)C)ccc5c4cc32)C(C)(C)c2ccccc2-6)cc1. The molecular weight excluding hydrogens is 892 g/mol. The zero-order valence-electron chi connectivity index (χ0n) is 42.0. The summed E-state index contributed by atoms with van der Waals surface area (Å²) in [7, 11) is 0. The van der Waals surface area contributed by atoms with Gasteiger partial charge in [-0.05, 0) is 127 Å². The molecule has 0 saturated heterocycles. The van der Waals surface area contributed by atoms with Crippen LogP contribution in [-0.2, 0) is 16.2 Å². The number of fused-ring (bicyclic) bond motifs is 15. The molecule has 6 heteroatoms. The number of nitrogens with zero attached hydrogens (tertiary/aromatic N) is 4. The van der Waals surface area contributed by atoms with Gasteiger partial charge in [-0.3, -0.25) is 4.57 Å². The van der Waals surface area contributed by atoms with Crippen LogP contribution >= 0.6 is 11.3 Å². The summed E-state index contributed by atoms with van der Waals surface area (Å²) in [4.78, 5) is 8.32. The molecule has 0 bridgehead atoms. The standard InChI is InChI=1S/C66H53BN4S/c1-64(2,3)39-23-26-42(27-24-39)71-56-34-50-44-28-25-40(65(4,5)6)31-59(44)72-60(50)35-49(56)45-29-30-46-48-32-52-47(43-21-15-16-22-51(43)66(52,7)8)33-55(48)70-57-37-58-54(36-53(57)67(71)61(45)62(46)70)68-63(38-17-11-9-12-18-38)69(58)41-19-13-10-14-20-41/h9-37H,1-8H3. The van der Waals surface area contributed by atoms with Gasteiger partial charge in [0.1, 0.15) is 5.82 Å². The number of anilines is 2. The molecule has 0 amide bonds. The third-order valence-corrected chi connectivity index (χ3v) is 17.7. The lowest BCUT2D eigenvalue weighted by Gasteiger charge is -2.42. The highest BCUT2D eigenvalue weighted by Crippen LogP contribution is 2.53. The molecular formula is C66H53BN4S. The third-order valence-electron chi connectivity index (χ3n) is 16.6. The fourth-order valence-electron chi connectivity index (χ4n) is 12.9. The van der Waals surface area contributed by atoms with E-state index in [9.17, 15) is 0 Å². The Kier molecular flexibility index (Phi) is 8.33. The molecule has 72 heavy (non-hydrogen) atoms. The molecule has 5 heterocycles. The van der Waals surface area contributed by atoms with Crippen molar-refractivity contribution < 1.29 is 0 Å². The summed E-state index contributed by atoms with van der Waals surface area (Å²) >= 11 is 1.93. The van der Waals surface area contributed by atoms with Crippen molar-refractivity contribution in [2.75, 3.05) is 4.81 Å². The molecule has 15 rings (SSSR count). The van der Waals surface area contributed by atoms with Gasteiger partial charge in [0.15, 0.2) is 0 Å². The molecule has 0 unspecified atom stereocenters. The van der Waals surface area contributed by atoms with Gasteiger partial charge in [0.25, 0.3) is 0 Å². The molecule has 0 fully saturated rings. The van der Waals surface area contributed by atoms with Crippen LogP contribution in [0.5, 0.6) is 0 Å². The van der Waals surface area contributed by atoms with Crippen molar-refractivity contribution in [1.82, 2.24) is 14.1 Å². The Bertz CT molecular complexity index is 4310. The first-order chi connectivity index (χ1) is 34.7. The van der Waals surface area contributed by atoms with E-state index in [2.05, 4.69) is 245 Å².